The van der Waals surface area contributed by atoms with E-state index < -0.39 is 0 Å². The van der Waals surface area contributed by atoms with E-state index in [4.69, 9.17) is 5.73 Å². The average molecular weight is 456 g/mol. The number of hydrazine groups is 1. The lowest BCUT2D eigenvalue weighted by Gasteiger charge is -2.12. The van der Waals surface area contributed by atoms with Gasteiger partial charge in [0.2, 0.25) is 0 Å². The molecule has 2 aromatic carbocycles. The molecule has 1 amide bonds. The lowest BCUT2D eigenvalue weighted by molar-refractivity contribution is 0.0961. The van der Waals surface area contributed by atoms with Crippen LogP contribution in [0.3, 0.4) is 0 Å². The zero-order valence-electron chi connectivity index (χ0n) is 14.3. The van der Waals surface area contributed by atoms with Gasteiger partial charge >= 0.3 is 0 Å². The molecule has 0 aliphatic heterocycles. The van der Waals surface area contributed by atoms with Crippen LogP contribution >= 0.6 is 27.3 Å². The Labute approximate surface area is 172 Å². The summed E-state index contributed by atoms with van der Waals surface area (Å²) in [7, 11) is 0. The molecule has 0 bridgehead atoms. The quantitative estimate of drug-likeness (QED) is 0.336. The molecule has 10 heteroatoms. The number of para-hydroxylation sites is 1. The summed E-state index contributed by atoms with van der Waals surface area (Å²) < 4.78 is 1.74. The smallest absolute Gasteiger partial charge is 0.270 e. The Morgan fingerprint density at radius 2 is 1.79 bits per heavy atom. The maximum atomic E-state index is 12.3. The fourth-order valence-electron chi connectivity index (χ4n) is 2.45. The zero-order chi connectivity index (χ0) is 19.5. The molecule has 8 nitrogen and oxygen atoms in total. The van der Waals surface area contributed by atoms with Gasteiger partial charge in [-0.3, -0.25) is 15.6 Å². The Morgan fingerprint density at radius 1 is 1.04 bits per heavy atom. The number of anilines is 4. The van der Waals surface area contributed by atoms with Crippen LogP contribution in [0.5, 0.6) is 0 Å². The van der Waals surface area contributed by atoms with E-state index in [-0.39, 0.29) is 17.4 Å². The van der Waals surface area contributed by atoms with Crippen molar-refractivity contribution in [1.82, 2.24) is 20.4 Å². The highest BCUT2D eigenvalue weighted by atomic mass is 79.9. The number of fused-ring (bicyclic) bond motifs is 1. The molecule has 5 N–H and O–H groups in total. The number of hydrogen-bond donors (Lipinski definition) is 4. The zero-order valence-corrected chi connectivity index (χ0v) is 16.7. The van der Waals surface area contributed by atoms with Gasteiger partial charge in [0, 0.05) is 4.47 Å². The summed E-state index contributed by atoms with van der Waals surface area (Å²) in [6.07, 6.45) is 1.35. The Bertz CT molecular complexity index is 1130. The molecule has 0 fully saturated rings. The van der Waals surface area contributed by atoms with E-state index in [9.17, 15) is 4.79 Å². The van der Waals surface area contributed by atoms with Crippen molar-refractivity contribution in [3.05, 3.63) is 64.9 Å². The number of hydrogen-bond acceptors (Lipinski definition) is 8. The number of nitrogens with zero attached hydrogens (tertiary/aromatic N) is 3. The third-order valence-electron chi connectivity index (χ3n) is 3.82. The Kier molecular flexibility index (Phi) is 5.04. The topological polar surface area (TPSA) is 118 Å². The van der Waals surface area contributed by atoms with Crippen LogP contribution in [0.4, 0.5) is 22.5 Å². The van der Waals surface area contributed by atoms with Gasteiger partial charge in [-0.2, -0.15) is 0 Å². The van der Waals surface area contributed by atoms with Gasteiger partial charge in [-0.1, -0.05) is 35.6 Å². The number of nitrogens with one attached hydrogen (secondary N) is 3. The highest BCUT2D eigenvalue weighted by Gasteiger charge is 2.13. The van der Waals surface area contributed by atoms with Crippen molar-refractivity contribution in [3.63, 3.8) is 0 Å². The summed E-state index contributed by atoms with van der Waals surface area (Å²) in [5.41, 5.74) is 13.1. The third kappa shape index (κ3) is 3.73. The van der Waals surface area contributed by atoms with E-state index in [2.05, 4.69) is 47.1 Å². The molecule has 0 atom stereocenters. The van der Waals surface area contributed by atoms with Crippen LogP contribution in [-0.4, -0.2) is 20.9 Å². The van der Waals surface area contributed by atoms with Crippen molar-refractivity contribution in [2.75, 3.05) is 16.5 Å². The van der Waals surface area contributed by atoms with E-state index in [1.54, 1.807) is 18.2 Å². The van der Waals surface area contributed by atoms with Crippen molar-refractivity contribution in [2.24, 2.45) is 0 Å². The summed E-state index contributed by atoms with van der Waals surface area (Å²) >= 11 is 4.84. The largest absolute Gasteiger partial charge is 0.393 e. The van der Waals surface area contributed by atoms with Gasteiger partial charge in [0.15, 0.2) is 16.8 Å². The number of amides is 1. The molecule has 2 aromatic heterocycles. The fraction of sp³-hybridized carbons (Fsp3) is 0. The first-order chi connectivity index (χ1) is 13.6. The molecule has 2 heterocycles. The molecule has 0 aliphatic rings. The molecular formula is C18H14BrN7OS. The van der Waals surface area contributed by atoms with E-state index >= 15 is 0 Å². The van der Waals surface area contributed by atoms with Crippen molar-refractivity contribution >= 4 is 65.8 Å². The van der Waals surface area contributed by atoms with Crippen molar-refractivity contribution < 1.29 is 4.79 Å². The second-order valence-electron chi connectivity index (χ2n) is 5.66. The SMILES string of the molecule is Nc1c(NNC(=O)c2ccccc2Br)ncnc1Nc1nc2ccccc2s1. The summed E-state index contributed by atoms with van der Waals surface area (Å²) in [4.78, 5) is 25.1. The van der Waals surface area contributed by atoms with Gasteiger partial charge in [0.1, 0.15) is 12.0 Å². The maximum Gasteiger partial charge on any atom is 0.270 e. The molecule has 0 radical (unpaired) electrons. The van der Waals surface area contributed by atoms with Gasteiger partial charge in [-0.15, -0.1) is 0 Å². The van der Waals surface area contributed by atoms with Crippen LogP contribution in [0.25, 0.3) is 10.2 Å². The van der Waals surface area contributed by atoms with Gasteiger partial charge < -0.3 is 11.1 Å². The lowest BCUT2D eigenvalue weighted by atomic mass is 10.2. The second kappa shape index (κ2) is 7.79. The molecule has 0 saturated carbocycles. The van der Waals surface area contributed by atoms with Crippen LogP contribution in [0.1, 0.15) is 10.4 Å². The summed E-state index contributed by atoms with van der Waals surface area (Å²) in [5.74, 6) is 0.344. The molecule has 4 rings (SSSR count). The Hall–Kier alpha value is -3.24. The number of benzene rings is 2. The number of rotatable bonds is 5. The average Bonchev–Trinajstić information content (AvgIpc) is 3.11. The molecule has 28 heavy (non-hydrogen) atoms. The van der Waals surface area contributed by atoms with Crippen LogP contribution in [0.2, 0.25) is 0 Å². The number of nitrogens with two attached hydrogens (primary N) is 1. The summed E-state index contributed by atoms with van der Waals surface area (Å²) in [6, 6.07) is 14.9. The normalized spacial score (nSPS) is 10.6. The van der Waals surface area contributed by atoms with Gasteiger partial charge in [0.25, 0.3) is 5.91 Å². The first kappa shape index (κ1) is 18.1. The minimum Gasteiger partial charge on any atom is -0.393 e. The van der Waals surface area contributed by atoms with Gasteiger partial charge in [-0.25, -0.2) is 15.0 Å². The molecule has 140 valence electrons. The van der Waals surface area contributed by atoms with Crippen molar-refractivity contribution in [1.29, 1.82) is 0 Å². The van der Waals surface area contributed by atoms with Crippen LogP contribution < -0.4 is 21.9 Å². The van der Waals surface area contributed by atoms with Gasteiger partial charge in [-0.05, 0) is 40.2 Å². The standard InChI is InChI=1S/C18H14BrN7OS/c19-11-6-2-1-5-10(11)17(27)26-25-16-14(20)15(21-9-22-16)24-18-23-12-7-3-4-8-13(12)28-18/h1-9H,20H2,(H,26,27)(H2,21,22,23,24,25). The fourth-order valence-corrected chi connectivity index (χ4v) is 3.78. The van der Waals surface area contributed by atoms with E-state index in [0.717, 1.165) is 10.2 Å². The van der Waals surface area contributed by atoms with Crippen LogP contribution in [-0.2, 0) is 0 Å². The molecule has 0 unspecified atom stereocenters. The van der Waals surface area contributed by atoms with Crippen LogP contribution in [0.15, 0.2) is 59.3 Å². The number of nitrogen functional groups attached to an aromatic ring is 1. The lowest BCUT2D eigenvalue weighted by Crippen LogP contribution is -2.30. The second-order valence-corrected chi connectivity index (χ2v) is 7.54. The molecule has 4 aromatic rings. The predicted octanol–water partition coefficient (Wildman–Crippen LogP) is 3.93. The molecular weight excluding hydrogens is 442 g/mol. The minimum atomic E-state index is -0.328. The number of thiazole rings is 1. The number of halogens is 1. The molecule has 0 aliphatic carbocycles. The van der Waals surface area contributed by atoms with Crippen molar-refractivity contribution in [2.45, 2.75) is 0 Å². The van der Waals surface area contributed by atoms with E-state index in [1.165, 1.54) is 17.7 Å². The monoisotopic (exact) mass is 455 g/mol. The highest BCUT2D eigenvalue weighted by molar-refractivity contribution is 9.10. The number of carbonyl (C=O) groups excluding carboxylic acids is 1. The molecule has 0 spiro atoms. The number of aromatic nitrogens is 3. The van der Waals surface area contributed by atoms with Crippen molar-refractivity contribution in [3.8, 4) is 0 Å². The highest BCUT2D eigenvalue weighted by Crippen LogP contribution is 2.30. The predicted molar refractivity (Wildman–Crippen MR) is 115 cm³/mol. The Balaban J connectivity index is 1.50. The first-order valence-electron chi connectivity index (χ1n) is 8.16. The molecule has 0 saturated heterocycles. The number of carbonyl (C=O) groups is 1. The first-order valence-corrected chi connectivity index (χ1v) is 9.77. The Morgan fingerprint density at radius 3 is 2.61 bits per heavy atom. The summed E-state index contributed by atoms with van der Waals surface area (Å²) in [5, 5.41) is 3.76. The minimum absolute atomic E-state index is 0.259. The van der Waals surface area contributed by atoms with E-state index in [0.29, 0.717) is 21.0 Å². The third-order valence-corrected chi connectivity index (χ3v) is 5.46. The summed E-state index contributed by atoms with van der Waals surface area (Å²) in [6.45, 7) is 0. The maximum absolute atomic E-state index is 12.3. The van der Waals surface area contributed by atoms with Gasteiger partial charge in [0.05, 0.1) is 15.8 Å². The van der Waals surface area contributed by atoms with Crippen LogP contribution in [0, 0.1) is 0 Å². The van der Waals surface area contributed by atoms with E-state index in [1.807, 2.05) is 30.3 Å².